The summed E-state index contributed by atoms with van der Waals surface area (Å²) in [5.41, 5.74) is 1.98. The predicted molar refractivity (Wildman–Crippen MR) is 111 cm³/mol. The molecule has 0 fully saturated rings. The van der Waals surface area contributed by atoms with E-state index in [0.29, 0.717) is 13.0 Å². The second kappa shape index (κ2) is 11.6. The van der Waals surface area contributed by atoms with Crippen LogP contribution in [0, 0.1) is 5.92 Å². The number of amides is 2. The standard InChI is InChI=1S/C23H28N2O4/c1-17(2)22(25-20(26)15-19-11-7-4-8-12-19)23(28)29-16-21(27)24-14-13-18-9-5-3-6-10-18/h3-12,17,22H,13-16H2,1-2H3,(H,24,27)(H,25,26)/t22-/m0/s1. The lowest BCUT2D eigenvalue weighted by Crippen LogP contribution is -2.46. The Hall–Kier alpha value is -3.15. The van der Waals surface area contributed by atoms with Crippen LogP contribution in [-0.4, -0.2) is 37.0 Å². The summed E-state index contributed by atoms with van der Waals surface area (Å²) in [5, 5.41) is 5.43. The number of carbonyl (C=O) groups excluding carboxylic acids is 3. The lowest BCUT2D eigenvalue weighted by Gasteiger charge is -2.20. The summed E-state index contributed by atoms with van der Waals surface area (Å²) in [5.74, 6) is -1.41. The number of carbonyl (C=O) groups is 3. The third-order valence-corrected chi connectivity index (χ3v) is 4.37. The van der Waals surface area contributed by atoms with Gasteiger partial charge in [-0.15, -0.1) is 0 Å². The van der Waals surface area contributed by atoms with Crippen molar-refractivity contribution < 1.29 is 19.1 Å². The minimum absolute atomic E-state index is 0.164. The third kappa shape index (κ3) is 8.17. The highest BCUT2D eigenvalue weighted by atomic mass is 16.5. The van der Waals surface area contributed by atoms with Crippen LogP contribution in [0.5, 0.6) is 0 Å². The average Bonchev–Trinajstić information content (AvgIpc) is 2.71. The van der Waals surface area contributed by atoms with Gasteiger partial charge in [-0.1, -0.05) is 74.5 Å². The van der Waals surface area contributed by atoms with Crippen molar-refractivity contribution in [2.45, 2.75) is 32.7 Å². The molecule has 2 rings (SSSR count). The first-order valence-corrected chi connectivity index (χ1v) is 9.76. The largest absolute Gasteiger partial charge is 0.454 e. The molecule has 0 aliphatic rings. The maximum atomic E-state index is 12.4. The summed E-state index contributed by atoms with van der Waals surface area (Å²) in [6, 6.07) is 18.3. The summed E-state index contributed by atoms with van der Waals surface area (Å²) in [4.78, 5) is 36.5. The van der Waals surface area contributed by atoms with Crippen molar-refractivity contribution in [1.82, 2.24) is 10.6 Å². The van der Waals surface area contributed by atoms with Gasteiger partial charge >= 0.3 is 5.97 Å². The van der Waals surface area contributed by atoms with Crippen LogP contribution in [0.3, 0.4) is 0 Å². The molecule has 29 heavy (non-hydrogen) atoms. The Labute approximate surface area is 171 Å². The molecule has 0 bridgehead atoms. The molecular weight excluding hydrogens is 368 g/mol. The number of nitrogens with one attached hydrogen (secondary N) is 2. The van der Waals surface area contributed by atoms with E-state index in [-0.39, 0.29) is 30.8 Å². The molecule has 0 aliphatic carbocycles. The quantitative estimate of drug-likeness (QED) is 0.604. The monoisotopic (exact) mass is 396 g/mol. The van der Waals surface area contributed by atoms with Gasteiger partial charge in [0, 0.05) is 6.54 Å². The number of ether oxygens (including phenoxy) is 1. The zero-order chi connectivity index (χ0) is 21.1. The SMILES string of the molecule is CC(C)[C@H](NC(=O)Cc1ccccc1)C(=O)OCC(=O)NCCc1ccccc1. The number of esters is 1. The molecule has 0 heterocycles. The molecule has 2 aromatic carbocycles. The van der Waals surface area contributed by atoms with E-state index in [1.165, 1.54) is 0 Å². The zero-order valence-electron chi connectivity index (χ0n) is 16.9. The van der Waals surface area contributed by atoms with E-state index in [0.717, 1.165) is 11.1 Å². The van der Waals surface area contributed by atoms with E-state index in [1.807, 2.05) is 74.5 Å². The van der Waals surface area contributed by atoms with Crippen LogP contribution in [0.25, 0.3) is 0 Å². The van der Waals surface area contributed by atoms with Crippen LogP contribution >= 0.6 is 0 Å². The predicted octanol–water partition coefficient (Wildman–Crippen LogP) is 2.27. The fourth-order valence-corrected chi connectivity index (χ4v) is 2.77. The van der Waals surface area contributed by atoms with E-state index in [2.05, 4.69) is 10.6 Å². The molecule has 2 aromatic rings. The molecule has 6 nitrogen and oxygen atoms in total. The smallest absolute Gasteiger partial charge is 0.329 e. The van der Waals surface area contributed by atoms with E-state index in [1.54, 1.807) is 0 Å². The van der Waals surface area contributed by atoms with Gasteiger partial charge in [0.05, 0.1) is 6.42 Å². The second-order valence-electron chi connectivity index (χ2n) is 7.14. The van der Waals surface area contributed by atoms with Crippen molar-refractivity contribution in [3.05, 3.63) is 71.8 Å². The van der Waals surface area contributed by atoms with E-state index >= 15 is 0 Å². The van der Waals surface area contributed by atoms with Gasteiger partial charge in [0.1, 0.15) is 6.04 Å². The average molecular weight is 396 g/mol. The highest BCUT2D eigenvalue weighted by molar-refractivity contribution is 5.87. The number of rotatable bonds is 10. The summed E-state index contributed by atoms with van der Waals surface area (Å²) in [7, 11) is 0. The number of hydrogen-bond donors (Lipinski definition) is 2. The van der Waals surface area contributed by atoms with Crippen molar-refractivity contribution in [3.63, 3.8) is 0 Å². The topological polar surface area (TPSA) is 84.5 Å². The minimum Gasteiger partial charge on any atom is -0.454 e. The Bertz CT molecular complexity index is 791. The first-order chi connectivity index (χ1) is 14.0. The van der Waals surface area contributed by atoms with Gasteiger partial charge in [0.2, 0.25) is 5.91 Å². The highest BCUT2D eigenvalue weighted by Crippen LogP contribution is 2.06. The lowest BCUT2D eigenvalue weighted by molar-refractivity contribution is -0.152. The Morgan fingerprint density at radius 3 is 2.03 bits per heavy atom. The van der Waals surface area contributed by atoms with E-state index in [9.17, 15) is 14.4 Å². The maximum absolute atomic E-state index is 12.4. The first kappa shape index (κ1) is 22.1. The molecule has 0 aliphatic heterocycles. The second-order valence-corrected chi connectivity index (χ2v) is 7.14. The van der Waals surface area contributed by atoms with E-state index in [4.69, 9.17) is 4.74 Å². The van der Waals surface area contributed by atoms with Crippen molar-refractivity contribution in [3.8, 4) is 0 Å². The Morgan fingerprint density at radius 2 is 1.45 bits per heavy atom. The molecule has 0 saturated carbocycles. The first-order valence-electron chi connectivity index (χ1n) is 9.76. The van der Waals surface area contributed by atoms with Gasteiger partial charge in [-0.3, -0.25) is 9.59 Å². The molecule has 2 amide bonds. The minimum atomic E-state index is -0.802. The van der Waals surface area contributed by atoms with Crippen LogP contribution in [0.2, 0.25) is 0 Å². The maximum Gasteiger partial charge on any atom is 0.329 e. The van der Waals surface area contributed by atoms with Crippen LogP contribution < -0.4 is 10.6 Å². The van der Waals surface area contributed by atoms with Gasteiger partial charge in [0.15, 0.2) is 6.61 Å². The van der Waals surface area contributed by atoms with Crippen molar-refractivity contribution in [2.75, 3.05) is 13.2 Å². The Kier molecular flexibility index (Phi) is 8.89. The molecule has 6 heteroatoms. The summed E-state index contributed by atoms with van der Waals surface area (Å²) in [6.07, 6.45) is 0.877. The van der Waals surface area contributed by atoms with Crippen molar-refractivity contribution in [1.29, 1.82) is 0 Å². The molecule has 0 aromatic heterocycles. The van der Waals surface area contributed by atoms with Crippen LogP contribution in [-0.2, 0) is 32.0 Å². The Balaban J connectivity index is 1.75. The molecule has 1 atom stereocenters. The number of hydrogen-bond acceptors (Lipinski definition) is 4. The molecule has 154 valence electrons. The molecular formula is C23H28N2O4. The van der Waals surface area contributed by atoms with Crippen molar-refractivity contribution >= 4 is 17.8 Å². The van der Waals surface area contributed by atoms with Crippen LogP contribution in [0.15, 0.2) is 60.7 Å². The van der Waals surface area contributed by atoms with Gasteiger partial charge < -0.3 is 15.4 Å². The zero-order valence-corrected chi connectivity index (χ0v) is 16.9. The summed E-state index contributed by atoms with van der Waals surface area (Å²) >= 11 is 0. The summed E-state index contributed by atoms with van der Waals surface area (Å²) < 4.78 is 5.12. The fraction of sp³-hybridized carbons (Fsp3) is 0.348. The molecule has 0 spiro atoms. The molecule has 0 radical (unpaired) electrons. The van der Waals surface area contributed by atoms with Gasteiger partial charge in [0.25, 0.3) is 5.91 Å². The molecule has 2 N–H and O–H groups in total. The van der Waals surface area contributed by atoms with Gasteiger partial charge in [-0.25, -0.2) is 4.79 Å². The van der Waals surface area contributed by atoms with E-state index < -0.39 is 12.0 Å². The lowest BCUT2D eigenvalue weighted by atomic mass is 10.0. The van der Waals surface area contributed by atoms with Crippen molar-refractivity contribution in [2.24, 2.45) is 5.92 Å². The number of benzene rings is 2. The van der Waals surface area contributed by atoms with Gasteiger partial charge in [-0.2, -0.15) is 0 Å². The van der Waals surface area contributed by atoms with Gasteiger partial charge in [-0.05, 0) is 23.5 Å². The molecule has 0 unspecified atom stereocenters. The normalized spacial score (nSPS) is 11.6. The highest BCUT2D eigenvalue weighted by Gasteiger charge is 2.26. The van der Waals surface area contributed by atoms with Crippen LogP contribution in [0.1, 0.15) is 25.0 Å². The van der Waals surface area contributed by atoms with Crippen LogP contribution in [0.4, 0.5) is 0 Å². The third-order valence-electron chi connectivity index (χ3n) is 4.37. The molecule has 0 saturated heterocycles. The fourth-order valence-electron chi connectivity index (χ4n) is 2.77. The summed E-state index contributed by atoms with van der Waals surface area (Å²) in [6.45, 7) is 3.72. The Morgan fingerprint density at radius 1 is 0.862 bits per heavy atom.